The van der Waals surface area contributed by atoms with Crippen molar-refractivity contribution in [2.24, 2.45) is 22.2 Å². The highest BCUT2D eigenvalue weighted by molar-refractivity contribution is 7.80. The number of nitrogens with one attached hydrogen (secondary N) is 5. The molecule has 0 aromatic heterocycles. The molecule has 0 saturated carbocycles. The van der Waals surface area contributed by atoms with Gasteiger partial charge in [0.25, 0.3) is 0 Å². The minimum Gasteiger partial charge on any atom is -0.370 e. The van der Waals surface area contributed by atoms with E-state index in [2.05, 4.69) is 44.2 Å². The maximum Gasteiger partial charge on any atom is 0.243 e. The zero-order valence-corrected chi connectivity index (χ0v) is 26.9. The highest BCUT2D eigenvalue weighted by atomic mass is 32.1. The summed E-state index contributed by atoms with van der Waals surface area (Å²) in [7, 11) is 0. The topological polar surface area (TPSA) is 273 Å². The van der Waals surface area contributed by atoms with Crippen molar-refractivity contribution in [1.29, 1.82) is 0 Å². The summed E-state index contributed by atoms with van der Waals surface area (Å²) in [5.41, 5.74) is 17.1. The molecule has 0 unspecified atom stereocenters. The number of guanidine groups is 1. The van der Waals surface area contributed by atoms with Crippen molar-refractivity contribution < 1.29 is 33.6 Å². The fraction of sp³-hybridized carbons (Fsp3) is 0.517. The third kappa shape index (κ3) is 14.1. The highest BCUT2D eigenvalue weighted by Gasteiger charge is 2.34. The van der Waals surface area contributed by atoms with E-state index in [0.717, 1.165) is 5.56 Å². The van der Waals surface area contributed by atoms with Crippen LogP contribution in [0.25, 0.3) is 0 Å². The van der Waals surface area contributed by atoms with Crippen LogP contribution in [0.5, 0.6) is 0 Å². The summed E-state index contributed by atoms with van der Waals surface area (Å²) < 4.78 is 0. The number of likely N-dealkylation sites (tertiary alicyclic amines) is 1. The van der Waals surface area contributed by atoms with Gasteiger partial charge in [-0.25, -0.2) is 0 Å². The number of aliphatic imine (C=N–C) groups is 1. The number of benzene rings is 1. The average Bonchev–Trinajstić information content (AvgIpc) is 3.56. The molecular weight excluding hydrogens is 632 g/mol. The summed E-state index contributed by atoms with van der Waals surface area (Å²) in [6.07, 6.45) is 2.18. The van der Waals surface area contributed by atoms with E-state index in [4.69, 9.17) is 17.2 Å². The van der Waals surface area contributed by atoms with Crippen molar-refractivity contribution in [1.82, 2.24) is 31.5 Å². The standard InChI is InChI=1S/C29H44N10O7S/c30-20(17-47)26(44)36-15-25(43)39-11-5-9-22(39)28(46)35-14-24(42)38-21(8-4-10-33-29(31)32)27(45)34-13-23(41)37-19(16-40)12-18-6-2-1-3-7-18/h1-3,6-7,16,19-22,47H,4-5,8-15,17,30H2,(H,34,45)(H,35,46)(H,36,44)(H,37,41)(H,38,42)(H4,31,32,33)/t19-,20-,21-,22-/m0/s1. The summed E-state index contributed by atoms with van der Waals surface area (Å²) in [6.45, 7) is -0.831. The summed E-state index contributed by atoms with van der Waals surface area (Å²) in [4.78, 5) is 92.2. The summed E-state index contributed by atoms with van der Waals surface area (Å²) in [5, 5.41) is 12.4. The van der Waals surface area contributed by atoms with Gasteiger partial charge in [-0.1, -0.05) is 30.3 Å². The zero-order valence-electron chi connectivity index (χ0n) is 26.0. The number of hydrogen-bond donors (Lipinski definition) is 9. The number of carbonyl (C=O) groups is 7. The normalized spacial score (nSPS) is 15.7. The van der Waals surface area contributed by atoms with Crippen LogP contribution in [0.1, 0.15) is 31.2 Å². The third-order valence-electron chi connectivity index (χ3n) is 7.08. The van der Waals surface area contributed by atoms with Gasteiger partial charge in [0.15, 0.2) is 5.96 Å². The Kier molecular flexibility index (Phi) is 16.7. The first-order valence-corrected chi connectivity index (χ1v) is 15.7. The third-order valence-corrected chi connectivity index (χ3v) is 7.47. The molecule has 1 aliphatic rings. The molecule has 11 N–H and O–H groups in total. The second kappa shape index (κ2) is 20.4. The van der Waals surface area contributed by atoms with Crippen LogP contribution in [0, 0.1) is 0 Å². The maximum atomic E-state index is 13.0. The number of nitrogens with two attached hydrogens (primary N) is 3. The van der Waals surface area contributed by atoms with Gasteiger partial charge in [0.2, 0.25) is 35.4 Å². The number of carbonyl (C=O) groups excluding carboxylic acids is 7. The molecule has 258 valence electrons. The monoisotopic (exact) mass is 676 g/mol. The number of hydrogen-bond acceptors (Lipinski definition) is 10. The molecule has 0 radical (unpaired) electrons. The van der Waals surface area contributed by atoms with Crippen LogP contribution in [-0.2, 0) is 40.0 Å². The number of aldehydes is 1. The van der Waals surface area contributed by atoms with E-state index in [1.54, 1.807) is 0 Å². The van der Waals surface area contributed by atoms with Crippen LogP contribution in [0.3, 0.4) is 0 Å². The molecule has 1 aromatic rings. The fourth-order valence-corrected chi connectivity index (χ4v) is 4.83. The van der Waals surface area contributed by atoms with E-state index in [0.29, 0.717) is 32.1 Å². The lowest BCUT2D eigenvalue weighted by atomic mass is 10.1. The van der Waals surface area contributed by atoms with E-state index in [9.17, 15) is 33.6 Å². The lowest BCUT2D eigenvalue weighted by molar-refractivity contribution is -0.139. The SMILES string of the molecule is NC(N)=NCCC[C@H](NC(=O)CNC(=O)[C@@H]1CCCN1C(=O)CNC(=O)[C@@H](N)CS)C(=O)NCC(=O)N[C@H](C=O)Cc1ccccc1. The molecule has 0 aliphatic carbocycles. The van der Waals surface area contributed by atoms with Crippen molar-refractivity contribution in [2.45, 2.75) is 56.3 Å². The molecule has 0 spiro atoms. The van der Waals surface area contributed by atoms with Crippen LogP contribution in [0.4, 0.5) is 0 Å². The molecule has 18 heteroatoms. The minimum atomic E-state index is -1.11. The molecule has 1 aromatic carbocycles. The maximum absolute atomic E-state index is 13.0. The number of nitrogens with zero attached hydrogens (tertiary/aromatic N) is 2. The molecule has 0 bridgehead atoms. The zero-order chi connectivity index (χ0) is 34.8. The van der Waals surface area contributed by atoms with Crippen LogP contribution < -0.4 is 43.8 Å². The summed E-state index contributed by atoms with van der Waals surface area (Å²) in [6, 6.07) is 5.44. The van der Waals surface area contributed by atoms with Gasteiger partial charge in [-0.15, -0.1) is 0 Å². The molecule has 1 fully saturated rings. The van der Waals surface area contributed by atoms with E-state index in [1.807, 2.05) is 30.3 Å². The van der Waals surface area contributed by atoms with Crippen LogP contribution in [0.15, 0.2) is 35.3 Å². The Morgan fingerprint density at radius 3 is 2.28 bits per heavy atom. The molecule has 4 atom stereocenters. The Bertz CT molecular complexity index is 1280. The summed E-state index contributed by atoms with van der Waals surface area (Å²) in [5.74, 6) is -3.62. The Labute approximate surface area is 278 Å². The Morgan fingerprint density at radius 1 is 0.957 bits per heavy atom. The smallest absolute Gasteiger partial charge is 0.243 e. The van der Waals surface area contributed by atoms with Crippen molar-refractivity contribution in [3.8, 4) is 0 Å². The molecule has 1 aliphatic heterocycles. The molecular formula is C29H44N10O7S. The predicted molar refractivity (Wildman–Crippen MR) is 176 cm³/mol. The largest absolute Gasteiger partial charge is 0.370 e. The Hall–Kier alpha value is -4.71. The Morgan fingerprint density at radius 2 is 1.62 bits per heavy atom. The Balaban J connectivity index is 1.90. The van der Waals surface area contributed by atoms with Gasteiger partial charge in [0, 0.05) is 18.8 Å². The van der Waals surface area contributed by atoms with Gasteiger partial charge >= 0.3 is 0 Å². The molecule has 2 rings (SSSR count). The second-order valence-electron chi connectivity index (χ2n) is 10.8. The lowest BCUT2D eigenvalue weighted by Gasteiger charge is -2.24. The first-order chi connectivity index (χ1) is 22.4. The summed E-state index contributed by atoms with van der Waals surface area (Å²) >= 11 is 3.94. The molecule has 1 heterocycles. The molecule has 1 saturated heterocycles. The quantitative estimate of drug-likeness (QED) is 0.0226. The fourth-order valence-electron chi connectivity index (χ4n) is 4.67. The van der Waals surface area contributed by atoms with Gasteiger partial charge in [-0.3, -0.25) is 33.8 Å². The predicted octanol–water partition coefficient (Wildman–Crippen LogP) is -3.95. The van der Waals surface area contributed by atoms with Crippen LogP contribution in [0.2, 0.25) is 0 Å². The van der Waals surface area contributed by atoms with E-state index in [1.165, 1.54) is 4.90 Å². The van der Waals surface area contributed by atoms with E-state index < -0.39 is 72.7 Å². The van der Waals surface area contributed by atoms with E-state index in [-0.39, 0.29) is 37.6 Å². The van der Waals surface area contributed by atoms with Gasteiger partial charge in [-0.2, -0.15) is 12.6 Å². The molecule has 6 amide bonds. The number of thiol groups is 1. The van der Waals surface area contributed by atoms with E-state index >= 15 is 0 Å². The number of rotatable bonds is 19. The second-order valence-corrected chi connectivity index (χ2v) is 11.1. The van der Waals surface area contributed by atoms with Gasteiger partial charge in [0.05, 0.1) is 31.7 Å². The molecule has 47 heavy (non-hydrogen) atoms. The van der Waals surface area contributed by atoms with Crippen molar-refractivity contribution in [2.75, 3.05) is 38.5 Å². The van der Waals surface area contributed by atoms with Crippen LogP contribution in [-0.4, -0.2) is 115 Å². The van der Waals surface area contributed by atoms with Crippen molar-refractivity contribution in [3.05, 3.63) is 35.9 Å². The first-order valence-electron chi connectivity index (χ1n) is 15.1. The van der Waals surface area contributed by atoms with Gasteiger partial charge in [-0.05, 0) is 37.7 Å². The van der Waals surface area contributed by atoms with Gasteiger partial charge in [0.1, 0.15) is 18.4 Å². The van der Waals surface area contributed by atoms with Crippen LogP contribution >= 0.6 is 12.6 Å². The minimum absolute atomic E-state index is 0.0992. The highest BCUT2D eigenvalue weighted by Crippen LogP contribution is 2.17. The molecule has 17 nitrogen and oxygen atoms in total. The average molecular weight is 677 g/mol. The van der Waals surface area contributed by atoms with Gasteiger partial charge < -0.3 is 53.5 Å². The number of amides is 6. The van der Waals surface area contributed by atoms with Crippen molar-refractivity contribution in [3.63, 3.8) is 0 Å². The lowest BCUT2D eigenvalue weighted by Crippen LogP contribution is -2.53. The van der Waals surface area contributed by atoms with Crippen molar-refractivity contribution >= 4 is 60.3 Å². The first kappa shape index (κ1) is 38.5.